The first-order chi connectivity index (χ1) is 11.2. The summed E-state index contributed by atoms with van der Waals surface area (Å²) < 4.78 is 0. The Kier molecular flexibility index (Phi) is 7.31. The zero-order chi connectivity index (χ0) is 16.5. The van der Waals surface area contributed by atoms with Crippen molar-refractivity contribution in [1.82, 2.24) is 9.80 Å². The maximum absolute atomic E-state index is 2.57. The van der Waals surface area contributed by atoms with Gasteiger partial charge in [0.1, 0.15) is 0 Å². The minimum Gasteiger partial charge on any atom is -0.308 e. The Morgan fingerprint density at radius 3 is 2.13 bits per heavy atom. The van der Waals surface area contributed by atoms with Gasteiger partial charge >= 0.3 is 0 Å². The van der Waals surface area contributed by atoms with Crippen LogP contribution in [-0.4, -0.2) is 43.5 Å². The largest absolute Gasteiger partial charge is 0.308 e. The van der Waals surface area contributed by atoms with Crippen molar-refractivity contribution in [3.05, 3.63) is 71.3 Å². The Morgan fingerprint density at radius 1 is 0.739 bits per heavy atom. The number of likely N-dealkylation sites (N-methyl/N-ethyl adjacent to an activating group) is 1. The third-order valence-electron chi connectivity index (χ3n) is 4.23. The molecule has 0 aromatic heterocycles. The van der Waals surface area contributed by atoms with Crippen molar-refractivity contribution in [2.24, 2.45) is 0 Å². The lowest BCUT2D eigenvalue weighted by atomic mass is 10.1. The van der Waals surface area contributed by atoms with E-state index in [1.807, 2.05) is 0 Å². The molecule has 0 atom stereocenters. The van der Waals surface area contributed by atoms with Crippen molar-refractivity contribution >= 4 is 0 Å². The molecule has 0 bridgehead atoms. The highest BCUT2D eigenvalue weighted by Gasteiger charge is 2.07. The van der Waals surface area contributed by atoms with Crippen LogP contribution in [0.5, 0.6) is 0 Å². The summed E-state index contributed by atoms with van der Waals surface area (Å²) in [6, 6.07) is 19.8. The average molecular weight is 310 g/mol. The molecule has 0 aliphatic heterocycles. The van der Waals surface area contributed by atoms with Crippen LogP contribution >= 0.6 is 0 Å². The van der Waals surface area contributed by atoms with E-state index in [2.05, 4.69) is 85.4 Å². The summed E-state index contributed by atoms with van der Waals surface area (Å²) in [4.78, 5) is 4.83. The maximum atomic E-state index is 2.57. The van der Waals surface area contributed by atoms with Crippen LogP contribution in [0.1, 0.15) is 23.6 Å². The van der Waals surface area contributed by atoms with Crippen LogP contribution < -0.4 is 0 Å². The summed E-state index contributed by atoms with van der Waals surface area (Å²) in [7, 11) is 4.29. The van der Waals surface area contributed by atoms with Crippen LogP contribution in [-0.2, 0) is 19.4 Å². The number of nitrogens with zero attached hydrogens (tertiary/aromatic N) is 2. The van der Waals surface area contributed by atoms with E-state index in [9.17, 15) is 0 Å². The molecule has 0 aliphatic carbocycles. The smallest absolute Gasteiger partial charge is 0.0234 e. The molecule has 0 aliphatic rings. The summed E-state index contributed by atoms with van der Waals surface area (Å²) >= 11 is 0. The van der Waals surface area contributed by atoms with Crippen LogP contribution in [0.25, 0.3) is 0 Å². The van der Waals surface area contributed by atoms with E-state index in [1.165, 1.54) is 16.7 Å². The van der Waals surface area contributed by atoms with Gasteiger partial charge in [-0.1, -0.05) is 61.5 Å². The van der Waals surface area contributed by atoms with Crippen LogP contribution in [0.3, 0.4) is 0 Å². The fourth-order valence-electron chi connectivity index (χ4n) is 2.75. The molecule has 0 N–H and O–H groups in total. The van der Waals surface area contributed by atoms with Gasteiger partial charge in [0.2, 0.25) is 0 Å². The van der Waals surface area contributed by atoms with Crippen molar-refractivity contribution in [3.8, 4) is 0 Å². The lowest BCUT2D eigenvalue weighted by molar-refractivity contribution is 0.236. The van der Waals surface area contributed by atoms with Crippen LogP contribution in [0, 0.1) is 0 Å². The summed E-state index contributed by atoms with van der Waals surface area (Å²) in [5, 5.41) is 0. The van der Waals surface area contributed by atoms with Gasteiger partial charge in [0.25, 0.3) is 0 Å². The number of benzene rings is 2. The molecule has 0 saturated carbocycles. The second kappa shape index (κ2) is 9.49. The Balaban J connectivity index is 1.97. The topological polar surface area (TPSA) is 6.48 Å². The monoisotopic (exact) mass is 310 g/mol. The van der Waals surface area contributed by atoms with Gasteiger partial charge in [-0.15, -0.1) is 0 Å². The molecule has 0 unspecified atom stereocenters. The fourth-order valence-corrected chi connectivity index (χ4v) is 2.75. The Hall–Kier alpha value is -1.64. The molecular weight excluding hydrogens is 280 g/mol. The van der Waals surface area contributed by atoms with Crippen molar-refractivity contribution in [2.75, 3.05) is 33.7 Å². The maximum Gasteiger partial charge on any atom is 0.0234 e. The fraction of sp³-hybridized carbons (Fsp3) is 0.429. The Labute approximate surface area is 141 Å². The van der Waals surface area contributed by atoms with E-state index in [-0.39, 0.29) is 0 Å². The second-order valence-electron chi connectivity index (χ2n) is 6.49. The number of rotatable bonds is 9. The minimum atomic E-state index is 1.04. The standard InChI is InChI=1S/C21H30N2/c1-4-19-11-8-12-21(17-19)18-23(16-15-22(2)3)14-13-20-9-6-5-7-10-20/h5-12,17H,4,13-16,18H2,1-3H3. The highest BCUT2D eigenvalue weighted by molar-refractivity contribution is 5.23. The second-order valence-corrected chi connectivity index (χ2v) is 6.49. The molecular formula is C21H30N2. The summed E-state index contributed by atoms with van der Waals surface area (Å²) in [6.07, 6.45) is 2.22. The highest BCUT2D eigenvalue weighted by Crippen LogP contribution is 2.10. The minimum absolute atomic E-state index is 1.04. The summed E-state index contributed by atoms with van der Waals surface area (Å²) in [6.45, 7) is 6.57. The molecule has 0 heterocycles. The molecule has 23 heavy (non-hydrogen) atoms. The van der Waals surface area contributed by atoms with Gasteiger partial charge in [0.15, 0.2) is 0 Å². The highest BCUT2D eigenvalue weighted by atomic mass is 15.2. The Morgan fingerprint density at radius 2 is 1.43 bits per heavy atom. The molecule has 2 aromatic carbocycles. The van der Waals surface area contributed by atoms with E-state index in [0.29, 0.717) is 0 Å². The zero-order valence-electron chi connectivity index (χ0n) is 14.8. The van der Waals surface area contributed by atoms with Crippen LogP contribution in [0.4, 0.5) is 0 Å². The normalized spacial score (nSPS) is 11.3. The molecule has 2 nitrogen and oxygen atoms in total. The first kappa shape index (κ1) is 17.7. The van der Waals surface area contributed by atoms with Gasteiger partial charge in [-0.25, -0.2) is 0 Å². The molecule has 0 amide bonds. The number of hydrogen-bond acceptors (Lipinski definition) is 2. The predicted octanol–water partition coefficient (Wildman–Crippen LogP) is 3.86. The summed E-state index contributed by atoms with van der Waals surface area (Å²) in [5.74, 6) is 0. The molecule has 0 saturated heterocycles. The first-order valence-corrected chi connectivity index (χ1v) is 8.66. The Bertz CT molecular complexity index is 563. The van der Waals surface area contributed by atoms with E-state index < -0.39 is 0 Å². The third kappa shape index (κ3) is 6.55. The van der Waals surface area contributed by atoms with Gasteiger partial charge in [0, 0.05) is 26.2 Å². The van der Waals surface area contributed by atoms with Gasteiger partial charge in [-0.2, -0.15) is 0 Å². The third-order valence-corrected chi connectivity index (χ3v) is 4.23. The molecule has 124 valence electrons. The molecule has 2 rings (SSSR count). The molecule has 2 aromatic rings. The molecule has 0 spiro atoms. The summed E-state index contributed by atoms with van der Waals surface area (Å²) in [5.41, 5.74) is 4.28. The van der Waals surface area contributed by atoms with Crippen LogP contribution in [0.15, 0.2) is 54.6 Å². The zero-order valence-corrected chi connectivity index (χ0v) is 14.8. The SMILES string of the molecule is CCc1cccc(CN(CCc2ccccc2)CCN(C)C)c1. The van der Waals surface area contributed by atoms with E-state index in [0.717, 1.165) is 39.0 Å². The van der Waals surface area contributed by atoms with Gasteiger partial charge in [-0.05, 0) is 43.6 Å². The van der Waals surface area contributed by atoms with Gasteiger partial charge in [-0.3, -0.25) is 4.90 Å². The van der Waals surface area contributed by atoms with E-state index in [4.69, 9.17) is 0 Å². The van der Waals surface area contributed by atoms with E-state index in [1.54, 1.807) is 0 Å². The van der Waals surface area contributed by atoms with Crippen molar-refractivity contribution in [1.29, 1.82) is 0 Å². The van der Waals surface area contributed by atoms with Crippen molar-refractivity contribution in [3.63, 3.8) is 0 Å². The van der Waals surface area contributed by atoms with Gasteiger partial charge < -0.3 is 4.90 Å². The lowest BCUT2D eigenvalue weighted by Gasteiger charge is -2.24. The first-order valence-electron chi connectivity index (χ1n) is 8.66. The van der Waals surface area contributed by atoms with E-state index >= 15 is 0 Å². The molecule has 0 radical (unpaired) electrons. The number of hydrogen-bond donors (Lipinski definition) is 0. The molecule has 2 heteroatoms. The lowest BCUT2D eigenvalue weighted by Crippen LogP contribution is -2.33. The van der Waals surface area contributed by atoms with Gasteiger partial charge in [0.05, 0.1) is 0 Å². The average Bonchev–Trinajstić information content (AvgIpc) is 2.58. The van der Waals surface area contributed by atoms with Crippen LogP contribution in [0.2, 0.25) is 0 Å². The quantitative estimate of drug-likeness (QED) is 0.694. The van der Waals surface area contributed by atoms with Crippen molar-refractivity contribution in [2.45, 2.75) is 26.3 Å². The van der Waals surface area contributed by atoms with Crippen molar-refractivity contribution < 1.29 is 0 Å². The molecule has 0 fully saturated rings. The number of aryl methyl sites for hydroxylation is 1. The predicted molar refractivity (Wildman–Crippen MR) is 99.8 cm³/mol.